The number of nitrogens with zero attached hydrogens (tertiary/aromatic N) is 1. The van der Waals surface area contributed by atoms with Gasteiger partial charge in [-0.25, -0.2) is 0 Å². The lowest BCUT2D eigenvalue weighted by atomic mass is 10.1. The van der Waals surface area contributed by atoms with Crippen molar-refractivity contribution < 1.29 is 4.79 Å². The quantitative estimate of drug-likeness (QED) is 0.873. The Morgan fingerprint density at radius 3 is 2.30 bits per heavy atom. The number of benzene rings is 2. The fourth-order valence-corrected chi connectivity index (χ4v) is 2.48. The van der Waals surface area contributed by atoms with Gasteiger partial charge in [0.05, 0.1) is 0 Å². The zero-order valence-corrected chi connectivity index (χ0v) is 14.9. The second-order valence-electron chi connectivity index (χ2n) is 5.56. The van der Waals surface area contributed by atoms with Crippen LogP contribution in [0, 0.1) is 0 Å². The Kier molecular flexibility index (Phi) is 7.56. The first-order chi connectivity index (χ1) is 10.5. The van der Waals surface area contributed by atoms with E-state index in [1.165, 1.54) is 0 Å². The van der Waals surface area contributed by atoms with Crippen molar-refractivity contribution >= 4 is 29.9 Å². The van der Waals surface area contributed by atoms with Gasteiger partial charge in [-0.3, -0.25) is 4.79 Å². The number of hydrogen-bond acceptors (Lipinski definition) is 2. The van der Waals surface area contributed by atoms with E-state index in [2.05, 4.69) is 0 Å². The van der Waals surface area contributed by atoms with Crippen LogP contribution in [0.5, 0.6) is 0 Å². The van der Waals surface area contributed by atoms with Crippen molar-refractivity contribution in [1.82, 2.24) is 4.90 Å². The van der Waals surface area contributed by atoms with Crippen molar-refractivity contribution in [2.75, 3.05) is 0 Å². The topological polar surface area (TPSA) is 46.3 Å². The fraction of sp³-hybridized carbons (Fsp3) is 0.278. The maximum Gasteiger partial charge on any atom is 0.254 e. The SMILES string of the molecule is CC(C)N(Cc1cccc(Cl)c1)C(=O)c1ccc(CN)cc1.Cl. The van der Waals surface area contributed by atoms with Crippen molar-refractivity contribution in [2.45, 2.75) is 33.0 Å². The van der Waals surface area contributed by atoms with Crippen molar-refractivity contribution in [3.8, 4) is 0 Å². The summed E-state index contributed by atoms with van der Waals surface area (Å²) in [5.41, 5.74) is 8.30. The van der Waals surface area contributed by atoms with Crippen LogP contribution in [0.1, 0.15) is 35.3 Å². The van der Waals surface area contributed by atoms with Crippen LogP contribution >= 0.6 is 24.0 Å². The van der Waals surface area contributed by atoms with Crippen molar-refractivity contribution in [3.63, 3.8) is 0 Å². The van der Waals surface area contributed by atoms with E-state index in [4.69, 9.17) is 17.3 Å². The summed E-state index contributed by atoms with van der Waals surface area (Å²) in [5, 5.41) is 0.681. The predicted octanol–water partition coefficient (Wildman–Crippen LogP) is 4.27. The molecule has 0 atom stereocenters. The Labute approximate surface area is 148 Å². The van der Waals surface area contributed by atoms with Gasteiger partial charge in [-0.05, 0) is 49.2 Å². The van der Waals surface area contributed by atoms with Crippen LogP contribution in [0.4, 0.5) is 0 Å². The molecular formula is C18H22Cl2N2O. The summed E-state index contributed by atoms with van der Waals surface area (Å²) in [4.78, 5) is 14.6. The monoisotopic (exact) mass is 352 g/mol. The van der Waals surface area contributed by atoms with Gasteiger partial charge in [-0.15, -0.1) is 12.4 Å². The van der Waals surface area contributed by atoms with E-state index in [0.717, 1.165) is 11.1 Å². The van der Waals surface area contributed by atoms with Gasteiger partial charge >= 0.3 is 0 Å². The molecule has 5 heteroatoms. The lowest BCUT2D eigenvalue weighted by molar-refractivity contribution is 0.0690. The first-order valence-electron chi connectivity index (χ1n) is 7.35. The minimum atomic E-state index is 0. The molecular weight excluding hydrogens is 331 g/mol. The van der Waals surface area contributed by atoms with E-state index < -0.39 is 0 Å². The summed E-state index contributed by atoms with van der Waals surface area (Å²) in [5.74, 6) is 0.0125. The lowest BCUT2D eigenvalue weighted by Gasteiger charge is -2.27. The van der Waals surface area contributed by atoms with Gasteiger partial charge in [0, 0.05) is 29.7 Å². The van der Waals surface area contributed by atoms with Gasteiger partial charge in [-0.1, -0.05) is 35.9 Å². The fourth-order valence-electron chi connectivity index (χ4n) is 2.27. The molecule has 2 aromatic rings. The zero-order valence-electron chi connectivity index (χ0n) is 13.3. The molecule has 124 valence electrons. The molecule has 0 aromatic heterocycles. The van der Waals surface area contributed by atoms with E-state index in [-0.39, 0.29) is 24.4 Å². The van der Waals surface area contributed by atoms with Gasteiger partial charge in [0.15, 0.2) is 0 Å². The van der Waals surface area contributed by atoms with E-state index in [9.17, 15) is 4.79 Å². The third-order valence-corrected chi connectivity index (χ3v) is 3.80. The molecule has 23 heavy (non-hydrogen) atoms. The number of rotatable bonds is 5. The highest BCUT2D eigenvalue weighted by Crippen LogP contribution is 2.17. The molecule has 0 aliphatic carbocycles. The van der Waals surface area contributed by atoms with Gasteiger partial charge in [0.2, 0.25) is 0 Å². The molecule has 0 aliphatic rings. The van der Waals surface area contributed by atoms with E-state index in [1.807, 2.05) is 67.3 Å². The Bertz CT molecular complexity index is 642. The highest BCUT2D eigenvalue weighted by atomic mass is 35.5. The summed E-state index contributed by atoms with van der Waals surface area (Å²) < 4.78 is 0. The van der Waals surface area contributed by atoms with Crippen LogP contribution in [0.15, 0.2) is 48.5 Å². The first kappa shape index (κ1) is 19.5. The number of carbonyl (C=O) groups is 1. The second kappa shape index (κ2) is 8.92. The highest BCUT2D eigenvalue weighted by Gasteiger charge is 2.19. The molecule has 2 aromatic carbocycles. The average molecular weight is 353 g/mol. The molecule has 0 heterocycles. The Balaban J connectivity index is 0.00000264. The van der Waals surface area contributed by atoms with Crippen LogP contribution in [0.2, 0.25) is 5.02 Å². The number of carbonyl (C=O) groups excluding carboxylic acids is 1. The molecule has 0 spiro atoms. The maximum absolute atomic E-state index is 12.7. The van der Waals surface area contributed by atoms with Crippen molar-refractivity contribution in [1.29, 1.82) is 0 Å². The summed E-state index contributed by atoms with van der Waals surface area (Å²) in [7, 11) is 0. The van der Waals surface area contributed by atoms with Gasteiger partial charge in [-0.2, -0.15) is 0 Å². The van der Waals surface area contributed by atoms with Crippen LogP contribution in [-0.4, -0.2) is 16.8 Å². The van der Waals surface area contributed by atoms with E-state index in [0.29, 0.717) is 23.7 Å². The lowest BCUT2D eigenvalue weighted by Crippen LogP contribution is -2.36. The molecule has 0 fully saturated rings. The van der Waals surface area contributed by atoms with Crippen LogP contribution in [0.25, 0.3) is 0 Å². The van der Waals surface area contributed by atoms with Crippen molar-refractivity contribution in [2.24, 2.45) is 5.73 Å². The second-order valence-corrected chi connectivity index (χ2v) is 5.99. The molecule has 2 rings (SSSR count). The molecule has 0 saturated heterocycles. The first-order valence-corrected chi connectivity index (χ1v) is 7.73. The summed E-state index contributed by atoms with van der Waals surface area (Å²) in [6.45, 7) is 5.04. The van der Waals surface area contributed by atoms with Crippen molar-refractivity contribution in [3.05, 3.63) is 70.2 Å². The molecule has 1 amide bonds. The Hall–Kier alpha value is -1.55. The van der Waals surface area contributed by atoms with Gasteiger partial charge in [0.25, 0.3) is 5.91 Å². The molecule has 3 nitrogen and oxygen atoms in total. The number of hydrogen-bond donors (Lipinski definition) is 1. The van der Waals surface area contributed by atoms with E-state index in [1.54, 1.807) is 0 Å². The third kappa shape index (κ3) is 5.24. The molecule has 0 radical (unpaired) electrons. The zero-order chi connectivity index (χ0) is 16.1. The smallest absolute Gasteiger partial charge is 0.254 e. The normalized spacial score (nSPS) is 10.3. The third-order valence-electron chi connectivity index (χ3n) is 3.56. The van der Waals surface area contributed by atoms with Gasteiger partial charge in [0.1, 0.15) is 0 Å². The predicted molar refractivity (Wildman–Crippen MR) is 98.0 cm³/mol. The Morgan fingerprint density at radius 1 is 1.13 bits per heavy atom. The standard InChI is InChI=1S/C18H21ClN2O.ClH/c1-13(2)21(12-15-4-3-5-17(19)10-15)18(22)16-8-6-14(11-20)7-9-16;/h3-10,13H,11-12,20H2,1-2H3;1H. The summed E-state index contributed by atoms with van der Waals surface area (Å²) in [6.07, 6.45) is 0. The van der Waals surface area contributed by atoms with Crippen LogP contribution in [-0.2, 0) is 13.1 Å². The van der Waals surface area contributed by atoms with E-state index >= 15 is 0 Å². The Morgan fingerprint density at radius 2 is 1.78 bits per heavy atom. The molecule has 0 saturated carbocycles. The number of amides is 1. The summed E-state index contributed by atoms with van der Waals surface area (Å²) in [6, 6.07) is 15.1. The van der Waals surface area contributed by atoms with Crippen LogP contribution in [0.3, 0.4) is 0 Å². The van der Waals surface area contributed by atoms with Crippen LogP contribution < -0.4 is 5.73 Å². The highest BCUT2D eigenvalue weighted by molar-refractivity contribution is 6.30. The molecule has 0 bridgehead atoms. The molecule has 2 N–H and O–H groups in total. The largest absolute Gasteiger partial charge is 0.332 e. The minimum absolute atomic E-state index is 0. The molecule has 0 aliphatic heterocycles. The molecule has 0 unspecified atom stereocenters. The van der Waals surface area contributed by atoms with Gasteiger partial charge < -0.3 is 10.6 Å². The minimum Gasteiger partial charge on any atom is -0.332 e. The number of nitrogens with two attached hydrogens (primary N) is 1. The summed E-state index contributed by atoms with van der Waals surface area (Å²) >= 11 is 6.02. The maximum atomic E-state index is 12.7. The average Bonchev–Trinajstić information content (AvgIpc) is 2.52. The number of halogens is 2.